The number of Topliss-reactive ketones (excluding diaryl/α,β-unsaturated/α-hetero) is 1. The Bertz CT molecular complexity index is 1130. The second-order valence-electron chi connectivity index (χ2n) is 6.25. The van der Waals surface area contributed by atoms with Crippen LogP contribution in [0.2, 0.25) is 0 Å². The number of halogens is 3. The van der Waals surface area contributed by atoms with Crippen molar-refractivity contribution >= 4 is 16.7 Å². The lowest BCUT2D eigenvalue weighted by Crippen LogP contribution is -2.11. The van der Waals surface area contributed by atoms with Gasteiger partial charge in [-0.05, 0) is 30.3 Å². The van der Waals surface area contributed by atoms with Crippen LogP contribution in [0.3, 0.4) is 0 Å². The summed E-state index contributed by atoms with van der Waals surface area (Å²) in [5.41, 5.74) is 0.954. The van der Waals surface area contributed by atoms with Gasteiger partial charge in [0.15, 0.2) is 5.78 Å². The average Bonchev–Trinajstić information content (AvgIpc) is 3.06. The number of carbonyl (C=O) groups excluding carboxylic acids is 1. The number of aromatic nitrogens is 3. The largest absolute Gasteiger partial charge is 0.416 e. The predicted molar refractivity (Wildman–Crippen MR) is 98.3 cm³/mol. The van der Waals surface area contributed by atoms with Gasteiger partial charge in [-0.3, -0.25) is 9.36 Å². The number of hydrogen-bond donors (Lipinski definition) is 0. The molecule has 0 radical (unpaired) electrons. The molecule has 0 bridgehead atoms. The molecule has 0 saturated heterocycles. The van der Waals surface area contributed by atoms with E-state index >= 15 is 0 Å². The molecule has 0 aliphatic carbocycles. The zero-order chi connectivity index (χ0) is 19.7. The first-order valence-electron chi connectivity index (χ1n) is 8.51. The summed E-state index contributed by atoms with van der Waals surface area (Å²) >= 11 is 0. The van der Waals surface area contributed by atoms with Crippen LogP contribution in [-0.4, -0.2) is 20.3 Å². The lowest BCUT2D eigenvalue weighted by molar-refractivity contribution is -0.137. The Balaban J connectivity index is 1.71. The molecule has 2 aromatic heterocycles. The summed E-state index contributed by atoms with van der Waals surface area (Å²) in [7, 11) is 0. The molecule has 0 saturated carbocycles. The number of rotatable bonds is 4. The highest BCUT2D eigenvalue weighted by Gasteiger charge is 2.30. The first kappa shape index (κ1) is 17.9. The molecular formula is C21H14F3N3O. The van der Waals surface area contributed by atoms with Crippen molar-refractivity contribution < 1.29 is 18.0 Å². The van der Waals surface area contributed by atoms with Crippen LogP contribution in [0.4, 0.5) is 13.2 Å². The van der Waals surface area contributed by atoms with Gasteiger partial charge >= 0.3 is 6.18 Å². The first-order valence-corrected chi connectivity index (χ1v) is 8.51. The number of fused-ring (bicyclic) bond motifs is 1. The van der Waals surface area contributed by atoms with Crippen LogP contribution >= 0.6 is 0 Å². The zero-order valence-corrected chi connectivity index (χ0v) is 14.5. The molecule has 4 rings (SSSR count). The summed E-state index contributed by atoms with van der Waals surface area (Å²) < 4.78 is 40.0. The number of para-hydroxylation sites is 1. The van der Waals surface area contributed by atoms with E-state index in [1.807, 2.05) is 30.3 Å². The van der Waals surface area contributed by atoms with E-state index in [1.165, 1.54) is 12.1 Å². The minimum atomic E-state index is -4.43. The van der Waals surface area contributed by atoms with Gasteiger partial charge in [0.1, 0.15) is 0 Å². The molecule has 0 spiro atoms. The summed E-state index contributed by atoms with van der Waals surface area (Å²) in [6, 6.07) is 15.4. The van der Waals surface area contributed by atoms with E-state index < -0.39 is 11.7 Å². The van der Waals surface area contributed by atoms with Gasteiger partial charge in [-0.15, -0.1) is 0 Å². The standard InChI is InChI=1S/C21H14F3N3O/c22-21(23,24)16-8-6-14(7-9-16)19(28)13-17-12-15-4-1-2-5-18(15)27(17)20-25-10-3-11-26-20/h1-12H,13H2. The van der Waals surface area contributed by atoms with Crippen LogP contribution in [0, 0.1) is 0 Å². The van der Waals surface area contributed by atoms with E-state index in [1.54, 1.807) is 23.0 Å². The molecule has 0 unspecified atom stereocenters. The lowest BCUT2D eigenvalue weighted by Gasteiger charge is -2.09. The summed E-state index contributed by atoms with van der Waals surface area (Å²) in [4.78, 5) is 21.2. The second-order valence-corrected chi connectivity index (χ2v) is 6.25. The van der Waals surface area contributed by atoms with E-state index in [0.29, 0.717) is 11.6 Å². The van der Waals surface area contributed by atoms with Crippen LogP contribution in [0.1, 0.15) is 21.6 Å². The minimum Gasteiger partial charge on any atom is -0.294 e. The quantitative estimate of drug-likeness (QED) is 0.474. The Labute approximate surface area is 158 Å². The molecule has 0 amide bonds. The van der Waals surface area contributed by atoms with E-state index in [-0.39, 0.29) is 17.8 Å². The van der Waals surface area contributed by atoms with Gasteiger partial charge < -0.3 is 0 Å². The molecule has 28 heavy (non-hydrogen) atoms. The van der Waals surface area contributed by atoms with Gasteiger partial charge in [0.2, 0.25) is 5.95 Å². The Kier molecular flexibility index (Phi) is 4.43. The Morgan fingerprint density at radius 2 is 1.61 bits per heavy atom. The van der Waals surface area contributed by atoms with Crippen molar-refractivity contribution in [3.8, 4) is 5.95 Å². The Morgan fingerprint density at radius 3 is 2.29 bits per heavy atom. The van der Waals surface area contributed by atoms with Crippen molar-refractivity contribution in [2.45, 2.75) is 12.6 Å². The molecule has 0 N–H and O–H groups in total. The van der Waals surface area contributed by atoms with Crippen molar-refractivity contribution in [3.63, 3.8) is 0 Å². The van der Waals surface area contributed by atoms with Crippen molar-refractivity contribution in [2.75, 3.05) is 0 Å². The zero-order valence-electron chi connectivity index (χ0n) is 14.5. The predicted octanol–water partition coefficient (Wildman–Crippen LogP) is 4.86. The van der Waals surface area contributed by atoms with Gasteiger partial charge in [0.05, 0.1) is 17.5 Å². The summed E-state index contributed by atoms with van der Waals surface area (Å²) in [5.74, 6) is 0.146. The van der Waals surface area contributed by atoms with Crippen LogP contribution < -0.4 is 0 Å². The molecule has 0 aliphatic rings. The highest BCUT2D eigenvalue weighted by Crippen LogP contribution is 2.29. The van der Waals surface area contributed by atoms with Gasteiger partial charge in [0.25, 0.3) is 0 Å². The third kappa shape index (κ3) is 3.38. The van der Waals surface area contributed by atoms with Gasteiger partial charge in [-0.2, -0.15) is 13.2 Å². The van der Waals surface area contributed by atoms with E-state index in [0.717, 1.165) is 23.0 Å². The maximum atomic E-state index is 12.7. The lowest BCUT2D eigenvalue weighted by atomic mass is 10.0. The topological polar surface area (TPSA) is 47.8 Å². The van der Waals surface area contributed by atoms with Crippen LogP contribution in [-0.2, 0) is 12.6 Å². The van der Waals surface area contributed by atoms with E-state index in [9.17, 15) is 18.0 Å². The van der Waals surface area contributed by atoms with Gasteiger partial charge in [-0.1, -0.05) is 30.3 Å². The number of alkyl halides is 3. The highest BCUT2D eigenvalue weighted by atomic mass is 19.4. The molecule has 0 atom stereocenters. The first-order chi connectivity index (χ1) is 13.4. The number of nitrogens with zero attached hydrogens (tertiary/aromatic N) is 3. The van der Waals surface area contributed by atoms with E-state index in [2.05, 4.69) is 9.97 Å². The summed E-state index contributed by atoms with van der Waals surface area (Å²) in [5, 5.41) is 0.921. The normalized spacial score (nSPS) is 11.7. The number of ketones is 1. The molecule has 0 fully saturated rings. The van der Waals surface area contributed by atoms with Crippen LogP contribution in [0.15, 0.2) is 73.1 Å². The van der Waals surface area contributed by atoms with Crippen LogP contribution in [0.5, 0.6) is 0 Å². The minimum absolute atomic E-state index is 0.0122. The average molecular weight is 381 g/mol. The maximum Gasteiger partial charge on any atom is 0.416 e. The summed E-state index contributed by atoms with van der Waals surface area (Å²) in [6.45, 7) is 0. The Hall–Kier alpha value is -3.48. The number of benzene rings is 2. The summed E-state index contributed by atoms with van der Waals surface area (Å²) in [6.07, 6.45) is -1.20. The number of carbonyl (C=O) groups is 1. The van der Waals surface area contributed by atoms with Crippen molar-refractivity contribution in [3.05, 3.63) is 89.9 Å². The fourth-order valence-electron chi connectivity index (χ4n) is 3.10. The third-order valence-corrected chi connectivity index (χ3v) is 4.42. The molecule has 2 aromatic carbocycles. The van der Waals surface area contributed by atoms with Gasteiger partial charge in [-0.25, -0.2) is 9.97 Å². The highest BCUT2D eigenvalue weighted by molar-refractivity contribution is 5.98. The fourth-order valence-corrected chi connectivity index (χ4v) is 3.10. The smallest absolute Gasteiger partial charge is 0.294 e. The van der Waals surface area contributed by atoms with Crippen molar-refractivity contribution in [1.82, 2.24) is 14.5 Å². The SMILES string of the molecule is O=C(Cc1cc2ccccc2n1-c1ncccn1)c1ccc(C(F)(F)F)cc1. The molecule has 4 aromatic rings. The fraction of sp³-hybridized carbons (Fsp3) is 0.0952. The van der Waals surface area contributed by atoms with Crippen LogP contribution in [0.25, 0.3) is 16.9 Å². The third-order valence-electron chi connectivity index (χ3n) is 4.42. The molecule has 2 heterocycles. The Morgan fingerprint density at radius 1 is 0.929 bits per heavy atom. The van der Waals surface area contributed by atoms with Crippen molar-refractivity contribution in [1.29, 1.82) is 0 Å². The molecule has 4 nitrogen and oxygen atoms in total. The monoisotopic (exact) mass is 381 g/mol. The maximum absolute atomic E-state index is 12.7. The number of hydrogen-bond acceptors (Lipinski definition) is 3. The van der Waals surface area contributed by atoms with Crippen molar-refractivity contribution in [2.24, 2.45) is 0 Å². The van der Waals surface area contributed by atoms with E-state index in [4.69, 9.17) is 0 Å². The molecular weight excluding hydrogens is 367 g/mol. The molecule has 0 aliphatic heterocycles. The molecule has 140 valence electrons. The van der Waals surface area contributed by atoms with Gasteiger partial charge in [0, 0.05) is 29.0 Å². The molecule has 7 heteroatoms. The second kappa shape index (κ2) is 6.92.